The Morgan fingerprint density at radius 3 is 2.39 bits per heavy atom. The first-order valence-electron chi connectivity index (χ1n) is 6.52. The van der Waals surface area contributed by atoms with Gasteiger partial charge in [-0.2, -0.15) is 0 Å². The van der Waals surface area contributed by atoms with Crippen LogP contribution in [-0.2, 0) is 0 Å². The number of allylic oxidation sites excluding steroid dienone is 4. The predicted octanol–water partition coefficient (Wildman–Crippen LogP) is 5.27. The molecule has 18 heavy (non-hydrogen) atoms. The molecule has 0 fully saturated rings. The number of rotatable bonds is 1. The van der Waals surface area contributed by atoms with E-state index < -0.39 is 0 Å². The SMILES string of the molecule is CC1=CC(C)=C(c2ccc3ccccc3c2C)C1. The molecule has 1 aliphatic rings. The van der Waals surface area contributed by atoms with Crippen LogP contribution in [-0.4, -0.2) is 0 Å². The monoisotopic (exact) mass is 234 g/mol. The summed E-state index contributed by atoms with van der Waals surface area (Å²) in [6, 6.07) is 13.2. The largest absolute Gasteiger partial charge is 0.0686 e. The van der Waals surface area contributed by atoms with Crippen LogP contribution in [0, 0.1) is 6.92 Å². The van der Waals surface area contributed by atoms with Gasteiger partial charge in [0.2, 0.25) is 0 Å². The van der Waals surface area contributed by atoms with Crippen LogP contribution in [0.4, 0.5) is 0 Å². The van der Waals surface area contributed by atoms with Gasteiger partial charge in [0.25, 0.3) is 0 Å². The Bertz CT molecular complexity index is 684. The second kappa shape index (κ2) is 4.13. The van der Waals surface area contributed by atoms with E-state index in [0.717, 1.165) is 6.42 Å². The van der Waals surface area contributed by atoms with Gasteiger partial charge in [0, 0.05) is 0 Å². The molecule has 0 heteroatoms. The van der Waals surface area contributed by atoms with E-state index >= 15 is 0 Å². The van der Waals surface area contributed by atoms with E-state index in [-0.39, 0.29) is 0 Å². The number of fused-ring (bicyclic) bond motifs is 1. The first kappa shape index (κ1) is 11.3. The highest BCUT2D eigenvalue weighted by Gasteiger charge is 2.14. The van der Waals surface area contributed by atoms with Crippen LogP contribution in [0.2, 0.25) is 0 Å². The van der Waals surface area contributed by atoms with Crippen molar-refractivity contribution in [3.05, 3.63) is 64.7 Å². The van der Waals surface area contributed by atoms with Crippen molar-refractivity contribution in [2.45, 2.75) is 27.2 Å². The van der Waals surface area contributed by atoms with Gasteiger partial charge in [-0.25, -0.2) is 0 Å². The summed E-state index contributed by atoms with van der Waals surface area (Å²) in [5, 5.41) is 2.71. The summed E-state index contributed by atoms with van der Waals surface area (Å²) in [5.41, 5.74) is 7.21. The van der Waals surface area contributed by atoms with Crippen molar-refractivity contribution in [3.63, 3.8) is 0 Å². The Balaban J connectivity index is 2.21. The lowest BCUT2D eigenvalue weighted by atomic mass is 9.92. The summed E-state index contributed by atoms with van der Waals surface area (Å²) >= 11 is 0. The predicted molar refractivity (Wildman–Crippen MR) is 79.7 cm³/mol. The topological polar surface area (TPSA) is 0 Å². The molecule has 0 heterocycles. The van der Waals surface area contributed by atoms with Crippen LogP contribution >= 0.6 is 0 Å². The molecule has 0 nitrogen and oxygen atoms in total. The van der Waals surface area contributed by atoms with Gasteiger partial charge in [0.05, 0.1) is 0 Å². The zero-order valence-corrected chi connectivity index (χ0v) is 11.2. The number of aryl methyl sites for hydroxylation is 1. The molecule has 90 valence electrons. The Kier molecular flexibility index (Phi) is 2.59. The highest BCUT2D eigenvalue weighted by molar-refractivity contribution is 5.91. The molecule has 2 aromatic rings. The molecule has 0 aliphatic heterocycles. The van der Waals surface area contributed by atoms with E-state index in [1.54, 1.807) is 0 Å². The molecule has 0 spiro atoms. The van der Waals surface area contributed by atoms with Crippen LogP contribution in [0.15, 0.2) is 53.6 Å². The molecule has 3 rings (SSSR count). The maximum absolute atomic E-state index is 2.31. The lowest BCUT2D eigenvalue weighted by Gasteiger charge is -2.12. The molecule has 0 aromatic heterocycles. The number of hydrogen-bond donors (Lipinski definition) is 0. The molecule has 2 aromatic carbocycles. The van der Waals surface area contributed by atoms with Crippen molar-refractivity contribution >= 4 is 16.3 Å². The Morgan fingerprint density at radius 1 is 0.889 bits per heavy atom. The fourth-order valence-corrected chi connectivity index (χ4v) is 2.99. The van der Waals surface area contributed by atoms with E-state index in [4.69, 9.17) is 0 Å². The highest BCUT2D eigenvalue weighted by Crippen LogP contribution is 2.36. The first-order valence-corrected chi connectivity index (χ1v) is 6.52. The fourth-order valence-electron chi connectivity index (χ4n) is 2.99. The summed E-state index contributed by atoms with van der Waals surface area (Å²) in [7, 11) is 0. The molecule has 1 aliphatic carbocycles. The minimum atomic E-state index is 1.10. The third-order valence-electron chi connectivity index (χ3n) is 3.92. The van der Waals surface area contributed by atoms with Gasteiger partial charge in [0.1, 0.15) is 0 Å². The zero-order valence-electron chi connectivity index (χ0n) is 11.2. The summed E-state index contributed by atoms with van der Waals surface area (Å²) in [5.74, 6) is 0. The van der Waals surface area contributed by atoms with Gasteiger partial charge < -0.3 is 0 Å². The van der Waals surface area contributed by atoms with Crippen LogP contribution < -0.4 is 0 Å². The Morgan fingerprint density at radius 2 is 1.67 bits per heavy atom. The van der Waals surface area contributed by atoms with Crippen LogP contribution in [0.25, 0.3) is 16.3 Å². The van der Waals surface area contributed by atoms with E-state index in [1.807, 2.05) is 0 Å². The zero-order chi connectivity index (χ0) is 12.7. The quantitative estimate of drug-likeness (QED) is 0.630. The minimum Gasteiger partial charge on any atom is -0.0686 e. The van der Waals surface area contributed by atoms with Crippen molar-refractivity contribution < 1.29 is 0 Å². The maximum atomic E-state index is 2.31. The van der Waals surface area contributed by atoms with Crippen molar-refractivity contribution in [1.82, 2.24) is 0 Å². The molecule has 0 amide bonds. The van der Waals surface area contributed by atoms with Gasteiger partial charge in [0.15, 0.2) is 0 Å². The molecular weight excluding hydrogens is 216 g/mol. The van der Waals surface area contributed by atoms with Gasteiger partial charge in [-0.1, -0.05) is 48.0 Å². The first-order chi connectivity index (χ1) is 8.66. The van der Waals surface area contributed by atoms with Crippen molar-refractivity contribution in [1.29, 1.82) is 0 Å². The molecule has 0 bridgehead atoms. The molecule has 0 saturated carbocycles. The summed E-state index contributed by atoms with van der Waals surface area (Å²) in [6.45, 7) is 6.68. The fraction of sp³-hybridized carbons (Fsp3) is 0.222. The molecule has 0 N–H and O–H groups in total. The van der Waals surface area contributed by atoms with E-state index in [1.165, 1.54) is 38.6 Å². The standard InChI is InChI=1S/C18H18/c1-12-10-13(2)18(11-12)17-9-8-15-6-4-5-7-16(15)14(17)3/h4-10H,11H2,1-3H3. The summed E-state index contributed by atoms with van der Waals surface area (Å²) < 4.78 is 0. The molecular formula is C18H18. The smallest absolute Gasteiger partial charge is 0.00580 e. The molecule has 0 atom stereocenters. The minimum absolute atomic E-state index is 1.10. The van der Waals surface area contributed by atoms with Crippen LogP contribution in [0.1, 0.15) is 31.4 Å². The number of benzene rings is 2. The normalized spacial score (nSPS) is 15.4. The second-order valence-electron chi connectivity index (χ2n) is 5.29. The lowest BCUT2D eigenvalue weighted by Crippen LogP contribution is -1.90. The summed E-state index contributed by atoms with van der Waals surface area (Å²) in [4.78, 5) is 0. The van der Waals surface area contributed by atoms with Gasteiger partial charge >= 0.3 is 0 Å². The van der Waals surface area contributed by atoms with Crippen LogP contribution in [0.5, 0.6) is 0 Å². The van der Waals surface area contributed by atoms with E-state index in [0.29, 0.717) is 0 Å². The third kappa shape index (κ3) is 1.69. The van der Waals surface area contributed by atoms with Gasteiger partial charge in [-0.05, 0) is 60.2 Å². The molecule has 0 radical (unpaired) electrons. The number of hydrogen-bond acceptors (Lipinski definition) is 0. The Labute approximate surface area is 109 Å². The van der Waals surface area contributed by atoms with E-state index in [2.05, 4.69) is 63.2 Å². The van der Waals surface area contributed by atoms with Gasteiger partial charge in [-0.3, -0.25) is 0 Å². The molecule has 0 saturated heterocycles. The average Bonchev–Trinajstić information content (AvgIpc) is 2.69. The van der Waals surface area contributed by atoms with Crippen molar-refractivity contribution in [2.24, 2.45) is 0 Å². The Hall–Kier alpha value is -1.82. The third-order valence-corrected chi connectivity index (χ3v) is 3.92. The lowest BCUT2D eigenvalue weighted by molar-refractivity contribution is 1.25. The highest BCUT2D eigenvalue weighted by atomic mass is 14.2. The second-order valence-corrected chi connectivity index (χ2v) is 5.29. The maximum Gasteiger partial charge on any atom is -0.00580 e. The summed E-state index contributed by atoms with van der Waals surface area (Å²) in [6.07, 6.45) is 3.41. The van der Waals surface area contributed by atoms with Gasteiger partial charge in [-0.15, -0.1) is 0 Å². The average molecular weight is 234 g/mol. The van der Waals surface area contributed by atoms with Crippen molar-refractivity contribution in [3.8, 4) is 0 Å². The van der Waals surface area contributed by atoms with Crippen LogP contribution in [0.3, 0.4) is 0 Å². The molecule has 0 unspecified atom stereocenters. The van der Waals surface area contributed by atoms with E-state index in [9.17, 15) is 0 Å². The van der Waals surface area contributed by atoms with Crippen molar-refractivity contribution in [2.75, 3.05) is 0 Å².